The number of hydrogen-bond acceptors (Lipinski definition) is 5. The van der Waals surface area contributed by atoms with Crippen molar-refractivity contribution in [1.29, 1.82) is 0 Å². The van der Waals surface area contributed by atoms with Gasteiger partial charge in [-0.1, -0.05) is 42.5 Å². The van der Waals surface area contributed by atoms with Crippen LogP contribution in [0.3, 0.4) is 0 Å². The van der Waals surface area contributed by atoms with Gasteiger partial charge in [0.05, 0.1) is 7.11 Å². The van der Waals surface area contributed by atoms with Crippen molar-refractivity contribution in [2.45, 2.75) is 50.5 Å². The third-order valence-corrected chi connectivity index (χ3v) is 6.93. The summed E-state index contributed by atoms with van der Waals surface area (Å²) >= 11 is 0. The van der Waals surface area contributed by atoms with Gasteiger partial charge in [-0.25, -0.2) is 0 Å². The number of amides is 2. The van der Waals surface area contributed by atoms with Crippen molar-refractivity contribution >= 4 is 11.8 Å². The van der Waals surface area contributed by atoms with Gasteiger partial charge in [-0.15, -0.1) is 0 Å². The highest BCUT2D eigenvalue weighted by Gasteiger charge is 2.44. The Morgan fingerprint density at radius 1 is 1.12 bits per heavy atom. The summed E-state index contributed by atoms with van der Waals surface area (Å²) in [6.45, 7) is 2.73. The van der Waals surface area contributed by atoms with E-state index in [1.54, 1.807) is 7.11 Å². The first kappa shape index (κ1) is 23.3. The maximum Gasteiger partial charge on any atom is 0.239 e. The fourth-order valence-corrected chi connectivity index (χ4v) is 4.97. The van der Waals surface area contributed by atoms with Gasteiger partial charge in [-0.05, 0) is 43.1 Å². The molecule has 0 bridgehead atoms. The number of methoxy groups -OCH3 is 1. The topological polar surface area (TPSA) is 73.9 Å². The summed E-state index contributed by atoms with van der Waals surface area (Å²) < 4.78 is 5.25. The van der Waals surface area contributed by atoms with Crippen LogP contribution in [0.5, 0.6) is 5.75 Å². The fraction of sp³-hybridized carbons (Fsp3) is 0.462. The fourth-order valence-electron chi connectivity index (χ4n) is 4.97. The molecule has 3 atom stereocenters. The first-order valence-corrected chi connectivity index (χ1v) is 11.7. The minimum absolute atomic E-state index is 0.0481. The first-order chi connectivity index (χ1) is 16.0. The smallest absolute Gasteiger partial charge is 0.239 e. The Labute approximate surface area is 196 Å². The van der Waals surface area contributed by atoms with Crippen LogP contribution in [0.15, 0.2) is 54.6 Å². The van der Waals surface area contributed by atoms with Crippen LogP contribution >= 0.6 is 0 Å². The van der Waals surface area contributed by atoms with Crippen molar-refractivity contribution in [3.8, 4) is 5.75 Å². The normalized spacial score (nSPS) is 23.5. The van der Waals surface area contributed by atoms with Gasteiger partial charge in [-0.2, -0.15) is 0 Å². The van der Waals surface area contributed by atoms with Crippen LogP contribution in [-0.2, 0) is 22.7 Å². The monoisotopic (exact) mass is 450 g/mol. The lowest BCUT2D eigenvalue weighted by atomic mass is 10.0. The summed E-state index contributed by atoms with van der Waals surface area (Å²) in [6.07, 6.45) is 2.12. The Balaban J connectivity index is 1.32. The van der Waals surface area contributed by atoms with Gasteiger partial charge in [0.25, 0.3) is 0 Å². The lowest BCUT2D eigenvalue weighted by Gasteiger charge is -2.33. The van der Waals surface area contributed by atoms with Crippen molar-refractivity contribution in [2.24, 2.45) is 0 Å². The molecule has 2 N–H and O–H groups in total. The highest BCUT2D eigenvalue weighted by Crippen LogP contribution is 2.29. The number of carbonyl (C=O) groups excluding carboxylic acids is 2. The molecular weight excluding hydrogens is 416 g/mol. The summed E-state index contributed by atoms with van der Waals surface area (Å²) in [5.41, 5.74) is 2.26. The second-order valence-electron chi connectivity index (χ2n) is 8.98. The second kappa shape index (κ2) is 10.8. The second-order valence-corrected chi connectivity index (χ2v) is 8.98. The van der Waals surface area contributed by atoms with Gasteiger partial charge in [0, 0.05) is 44.7 Å². The average Bonchev–Trinajstić information content (AvgIpc) is 3.22. The molecule has 2 aliphatic heterocycles. The van der Waals surface area contributed by atoms with Gasteiger partial charge < -0.3 is 15.4 Å². The van der Waals surface area contributed by atoms with E-state index >= 15 is 0 Å². The molecule has 2 heterocycles. The molecule has 2 saturated heterocycles. The summed E-state index contributed by atoms with van der Waals surface area (Å²) in [7, 11) is 3.76. The van der Waals surface area contributed by atoms with Crippen LogP contribution in [-0.4, -0.2) is 67.0 Å². The molecule has 0 radical (unpaired) electrons. The minimum Gasteiger partial charge on any atom is -0.497 e. The standard InChI is InChI=1S/C26H34N4O3/c1-29-21(10-13-24(31)27-16-19-6-4-3-5-7-19)17-28-26(32)25-23(29)14-15-30(25)18-20-8-11-22(33-2)12-9-20/h3-9,11-12,21,23,25H,10,13-18H2,1-2H3,(H,27,31)(H,28,32)/t21-,23-,25-/m0/s1. The van der Waals surface area contributed by atoms with Gasteiger partial charge in [0.2, 0.25) is 11.8 Å². The van der Waals surface area contributed by atoms with Gasteiger partial charge in [-0.3, -0.25) is 19.4 Å². The maximum absolute atomic E-state index is 13.0. The first-order valence-electron chi connectivity index (χ1n) is 11.7. The van der Waals surface area contributed by atoms with E-state index in [4.69, 9.17) is 4.74 Å². The number of fused-ring (bicyclic) bond motifs is 1. The average molecular weight is 451 g/mol. The number of ether oxygens (including phenoxy) is 1. The third kappa shape index (κ3) is 5.72. The number of nitrogens with one attached hydrogen (secondary N) is 2. The summed E-state index contributed by atoms with van der Waals surface area (Å²) in [4.78, 5) is 30.0. The zero-order chi connectivity index (χ0) is 23.2. The SMILES string of the molecule is COc1ccc(CN2CC[C@H]3[C@H]2C(=O)NC[C@H](CCC(=O)NCc2ccccc2)N3C)cc1. The van der Waals surface area contributed by atoms with Crippen molar-refractivity contribution in [1.82, 2.24) is 20.4 Å². The summed E-state index contributed by atoms with van der Waals surface area (Å²) in [5.74, 6) is 0.974. The van der Waals surface area contributed by atoms with Gasteiger partial charge in [0.1, 0.15) is 11.8 Å². The van der Waals surface area contributed by atoms with Crippen LogP contribution in [0.2, 0.25) is 0 Å². The van der Waals surface area contributed by atoms with Crippen molar-refractivity contribution < 1.29 is 14.3 Å². The molecule has 33 heavy (non-hydrogen) atoms. The zero-order valence-electron chi connectivity index (χ0n) is 19.5. The Morgan fingerprint density at radius 3 is 2.61 bits per heavy atom. The Morgan fingerprint density at radius 2 is 1.88 bits per heavy atom. The molecule has 2 aliphatic rings. The molecule has 2 amide bonds. The van der Waals surface area contributed by atoms with E-state index in [2.05, 4.69) is 39.6 Å². The number of likely N-dealkylation sites (tertiary alicyclic amines) is 1. The van der Waals surface area contributed by atoms with Crippen LogP contribution in [0.1, 0.15) is 30.4 Å². The summed E-state index contributed by atoms with van der Waals surface area (Å²) in [6, 6.07) is 18.1. The highest BCUT2D eigenvalue weighted by molar-refractivity contribution is 5.83. The summed E-state index contributed by atoms with van der Waals surface area (Å²) in [5, 5.41) is 6.14. The molecule has 0 unspecified atom stereocenters. The van der Waals surface area contributed by atoms with Gasteiger partial charge in [0.15, 0.2) is 0 Å². The molecular formula is C26H34N4O3. The Hall–Kier alpha value is -2.90. The van der Waals surface area contributed by atoms with E-state index < -0.39 is 0 Å². The molecule has 0 spiro atoms. The van der Waals surface area contributed by atoms with E-state index in [0.29, 0.717) is 19.5 Å². The third-order valence-electron chi connectivity index (χ3n) is 6.93. The highest BCUT2D eigenvalue weighted by atomic mass is 16.5. The molecule has 7 nitrogen and oxygen atoms in total. The minimum atomic E-state index is -0.172. The lowest BCUT2D eigenvalue weighted by Crippen LogP contribution is -2.49. The molecule has 4 rings (SSSR count). The molecule has 7 heteroatoms. The lowest BCUT2D eigenvalue weighted by molar-refractivity contribution is -0.126. The predicted molar refractivity (Wildman–Crippen MR) is 128 cm³/mol. The predicted octanol–water partition coefficient (Wildman–Crippen LogP) is 2.16. The molecule has 0 aliphatic carbocycles. The van der Waals surface area contributed by atoms with E-state index in [9.17, 15) is 9.59 Å². The van der Waals surface area contributed by atoms with Crippen LogP contribution in [0.25, 0.3) is 0 Å². The van der Waals surface area contributed by atoms with Crippen molar-refractivity contribution in [3.05, 3.63) is 65.7 Å². The number of likely N-dealkylation sites (N-methyl/N-ethyl adjacent to an activating group) is 1. The Kier molecular flexibility index (Phi) is 7.62. The molecule has 0 saturated carbocycles. The number of carbonyl (C=O) groups is 2. The van der Waals surface area contributed by atoms with E-state index in [1.807, 2.05) is 42.5 Å². The quantitative estimate of drug-likeness (QED) is 0.645. The van der Waals surface area contributed by atoms with E-state index in [1.165, 1.54) is 5.56 Å². The molecule has 2 fully saturated rings. The van der Waals surface area contributed by atoms with Crippen LogP contribution < -0.4 is 15.4 Å². The number of hydrogen-bond donors (Lipinski definition) is 2. The van der Waals surface area contributed by atoms with E-state index in [-0.39, 0.29) is 29.9 Å². The zero-order valence-corrected chi connectivity index (χ0v) is 19.5. The number of nitrogens with zero attached hydrogens (tertiary/aromatic N) is 2. The van der Waals surface area contributed by atoms with Crippen LogP contribution in [0, 0.1) is 0 Å². The number of rotatable bonds is 8. The van der Waals surface area contributed by atoms with Crippen molar-refractivity contribution in [2.75, 3.05) is 27.2 Å². The van der Waals surface area contributed by atoms with Gasteiger partial charge >= 0.3 is 0 Å². The largest absolute Gasteiger partial charge is 0.497 e. The maximum atomic E-state index is 13.0. The molecule has 176 valence electrons. The number of benzene rings is 2. The Bertz CT molecular complexity index is 934. The molecule has 0 aromatic heterocycles. The molecule has 2 aromatic carbocycles. The van der Waals surface area contributed by atoms with Crippen LogP contribution in [0.4, 0.5) is 0 Å². The van der Waals surface area contributed by atoms with Crippen molar-refractivity contribution in [3.63, 3.8) is 0 Å². The van der Waals surface area contributed by atoms with E-state index in [0.717, 1.165) is 37.2 Å². The molecule has 2 aromatic rings.